The molecule has 6 heterocycles. The highest BCUT2D eigenvalue weighted by atomic mass is 19.1. The molecule has 4 aromatic heterocycles. The van der Waals surface area contributed by atoms with Crippen molar-refractivity contribution in [3.05, 3.63) is 78.6 Å². The number of ether oxygens (including phenoxy) is 1. The maximum absolute atomic E-state index is 14.6. The van der Waals surface area contributed by atoms with Crippen molar-refractivity contribution < 1.29 is 19.0 Å². The van der Waals surface area contributed by atoms with Crippen LogP contribution in [0.15, 0.2) is 67.1 Å². The van der Waals surface area contributed by atoms with Crippen LogP contribution in [0.25, 0.3) is 38.9 Å². The number of halogens is 1. The number of anilines is 2. The minimum atomic E-state index is -0.554. The minimum absolute atomic E-state index is 0.0160. The van der Waals surface area contributed by atoms with Gasteiger partial charge in [0.25, 0.3) is 0 Å². The zero-order chi connectivity index (χ0) is 34.4. The number of carbonyl (C=O) groups is 1. The number of fused-ring (bicyclic) bond motifs is 6. The number of nitrogens with one attached hydrogen (secondary N) is 1. The number of benzene rings is 2. The Morgan fingerprint density at radius 2 is 2.00 bits per heavy atom. The number of aliphatic hydroxyl groups is 1. The molecule has 0 saturated carbocycles. The van der Waals surface area contributed by atoms with Crippen LogP contribution in [0.4, 0.5) is 16.0 Å². The minimum Gasteiger partial charge on any atom is -0.494 e. The number of rotatable bonds is 6. The van der Waals surface area contributed by atoms with Crippen molar-refractivity contribution in [2.24, 2.45) is 7.05 Å². The van der Waals surface area contributed by atoms with E-state index in [9.17, 15) is 14.3 Å². The topological polar surface area (TPSA) is 139 Å². The van der Waals surface area contributed by atoms with Gasteiger partial charge in [0.2, 0.25) is 5.91 Å². The van der Waals surface area contributed by atoms with Crippen LogP contribution in [0.2, 0.25) is 0 Å². The second-order valence-electron chi connectivity index (χ2n) is 12.7. The number of carbonyl (C=O) groups excluding carboxylic acids is 1. The maximum Gasteiger partial charge on any atom is 0.245 e. The number of hydrogen-bond acceptors (Lipinski definition) is 10. The Balaban J connectivity index is 1.21. The smallest absolute Gasteiger partial charge is 0.245 e. The second-order valence-corrected chi connectivity index (χ2v) is 12.7. The van der Waals surface area contributed by atoms with Crippen LogP contribution in [-0.2, 0) is 18.3 Å². The second kappa shape index (κ2) is 13.0. The molecule has 0 spiro atoms. The van der Waals surface area contributed by atoms with Gasteiger partial charge in [-0.1, -0.05) is 18.2 Å². The number of methoxy groups -OCH3 is 1. The third kappa shape index (κ3) is 5.54. The van der Waals surface area contributed by atoms with E-state index in [4.69, 9.17) is 19.8 Å². The van der Waals surface area contributed by atoms with Crippen molar-refractivity contribution in [2.45, 2.75) is 37.8 Å². The number of amides is 1. The van der Waals surface area contributed by atoms with E-state index in [-0.39, 0.29) is 18.6 Å². The van der Waals surface area contributed by atoms with E-state index in [0.29, 0.717) is 79.4 Å². The summed E-state index contributed by atoms with van der Waals surface area (Å²) in [6.07, 6.45) is 5.53. The first-order valence-electron chi connectivity index (χ1n) is 16.8. The van der Waals surface area contributed by atoms with Crippen molar-refractivity contribution >= 4 is 39.5 Å². The largest absolute Gasteiger partial charge is 0.494 e. The molecule has 2 N–H and O–H groups in total. The van der Waals surface area contributed by atoms with Crippen LogP contribution in [0.1, 0.15) is 25.0 Å². The Labute approximate surface area is 287 Å². The van der Waals surface area contributed by atoms with Crippen molar-refractivity contribution in [2.75, 3.05) is 43.6 Å². The van der Waals surface area contributed by atoms with Crippen molar-refractivity contribution in [1.29, 1.82) is 0 Å². The highest BCUT2D eigenvalue weighted by Crippen LogP contribution is 2.35. The van der Waals surface area contributed by atoms with E-state index in [2.05, 4.69) is 21.5 Å². The lowest BCUT2D eigenvalue weighted by Crippen LogP contribution is -2.47. The predicted octanol–water partition coefficient (Wildman–Crippen LogP) is 4.13. The van der Waals surface area contributed by atoms with Gasteiger partial charge in [0, 0.05) is 62.0 Å². The summed E-state index contributed by atoms with van der Waals surface area (Å²) in [5.41, 5.74) is 4.87. The molecule has 13 nitrogen and oxygen atoms in total. The number of hydrogen-bond donors (Lipinski definition) is 2. The Morgan fingerprint density at radius 1 is 1.12 bits per heavy atom. The van der Waals surface area contributed by atoms with Gasteiger partial charge in [-0.2, -0.15) is 10.2 Å². The number of pyridine rings is 1. The van der Waals surface area contributed by atoms with Gasteiger partial charge in [0.15, 0.2) is 5.65 Å². The molecule has 256 valence electrons. The molecule has 50 heavy (non-hydrogen) atoms. The van der Waals surface area contributed by atoms with Gasteiger partial charge >= 0.3 is 0 Å². The lowest BCUT2D eigenvalue weighted by Gasteiger charge is -2.31. The molecule has 8 rings (SSSR count). The average molecular weight is 677 g/mol. The van der Waals surface area contributed by atoms with Gasteiger partial charge in [0.05, 0.1) is 29.9 Å². The van der Waals surface area contributed by atoms with E-state index in [1.165, 1.54) is 25.6 Å². The van der Waals surface area contributed by atoms with Crippen LogP contribution < -0.4 is 15.0 Å². The summed E-state index contributed by atoms with van der Waals surface area (Å²) in [5.74, 6) is 1.13. The molecule has 1 fully saturated rings. The molecular weight excluding hydrogens is 639 g/mol. The molecule has 4 bridgehead atoms. The van der Waals surface area contributed by atoms with E-state index in [1.54, 1.807) is 16.9 Å². The van der Waals surface area contributed by atoms with Gasteiger partial charge in [-0.15, -0.1) is 0 Å². The van der Waals surface area contributed by atoms with E-state index >= 15 is 0 Å². The molecular formula is C36H37FN10O3. The summed E-state index contributed by atoms with van der Waals surface area (Å²) < 4.78 is 23.0. The zero-order valence-corrected chi connectivity index (χ0v) is 27.8. The summed E-state index contributed by atoms with van der Waals surface area (Å²) in [6, 6.07) is 15.6. The Morgan fingerprint density at radius 3 is 2.86 bits per heavy atom. The summed E-state index contributed by atoms with van der Waals surface area (Å²) in [4.78, 5) is 32.8. The molecule has 6 aromatic rings. The molecule has 1 saturated heterocycles. The van der Waals surface area contributed by atoms with Gasteiger partial charge in [-0.3, -0.25) is 9.48 Å². The average Bonchev–Trinajstić information content (AvgIpc) is 3.84. The Bertz CT molecular complexity index is 2220. The summed E-state index contributed by atoms with van der Waals surface area (Å²) in [6.45, 7) is 1.40. The van der Waals surface area contributed by atoms with Crippen LogP contribution >= 0.6 is 0 Å². The molecule has 14 heteroatoms. The highest BCUT2D eigenvalue weighted by molar-refractivity contribution is 5.96. The molecule has 0 radical (unpaired) electrons. The van der Waals surface area contributed by atoms with Gasteiger partial charge in [-0.05, 0) is 56.0 Å². The fraction of sp³-hybridized carbons (Fsp3) is 0.333. The number of nitrogens with zero attached hydrogens (tertiary/aromatic N) is 9. The highest BCUT2D eigenvalue weighted by Gasteiger charge is 2.41. The van der Waals surface area contributed by atoms with E-state index < -0.39 is 11.9 Å². The van der Waals surface area contributed by atoms with Crippen molar-refractivity contribution in [3.63, 3.8) is 0 Å². The van der Waals surface area contributed by atoms with Gasteiger partial charge in [0.1, 0.15) is 41.3 Å². The monoisotopic (exact) mass is 676 g/mol. The third-order valence-electron chi connectivity index (χ3n) is 9.67. The quantitative estimate of drug-likeness (QED) is 0.265. The van der Waals surface area contributed by atoms with Crippen LogP contribution in [0.3, 0.4) is 0 Å². The van der Waals surface area contributed by atoms with Crippen molar-refractivity contribution in [1.82, 2.24) is 39.4 Å². The molecule has 0 unspecified atom stereocenters. The van der Waals surface area contributed by atoms with Gasteiger partial charge < -0.3 is 25.0 Å². The maximum atomic E-state index is 14.6. The standard InChI is InChI=1S/C36H37FN10O3/c1-44-29-10-5-14-45(15-6-16-48)36(49)30-18-23(41-32-11-4-8-26(42-32)24-7-3-9-27(43-44)33(24)29)20-46(30)34-25-19-40-47(35(25)39-21-38-34)28-13-12-22(37)17-31(28)50-2/h3-4,7-9,11-13,17,19,21,23,30,48H,5-6,10,14-16,18,20H2,1-2H3,(H,41,42)/t23-,30-/m0/s1. The lowest BCUT2D eigenvalue weighted by atomic mass is 10.0. The van der Waals surface area contributed by atoms with Crippen LogP contribution in [-0.4, -0.2) is 95.9 Å². The molecule has 2 atom stereocenters. The van der Waals surface area contributed by atoms with Gasteiger partial charge in [-0.25, -0.2) is 24.0 Å². The summed E-state index contributed by atoms with van der Waals surface area (Å²) in [5, 5.41) is 24.5. The summed E-state index contributed by atoms with van der Waals surface area (Å²) >= 11 is 0. The first-order chi connectivity index (χ1) is 24.4. The normalized spacial score (nSPS) is 18.0. The van der Waals surface area contributed by atoms with E-state index in [0.717, 1.165) is 27.9 Å². The van der Waals surface area contributed by atoms with Crippen molar-refractivity contribution in [3.8, 4) is 22.7 Å². The Hall–Kier alpha value is -5.63. The molecule has 2 aliphatic heterocycles. The zero-order valence-electron chi connectivity index (χ0n) is 27.8. The summed E-state index contributed by atoms with van der Waals surface area (Å²) in [7, 11) is 3.44. The molecule has 1 amide bonds. The third-order valence-corrected chi connectivity index (χ3v) is 9.67. The SMILES string of the molecule is COc1cc(F)ccc1-n1ncc2c(N3C[C@@H]4C[C@H]3C(=O)N(CCCO)CCCc3c5c(cccc5nn3C)-c3cccc(n3)N4)ncnc21. The Kier molecular flexibility index (Phi) is 8.23. The van der Waals surface area contributed by atoms with E-state index in [1.807, 2.05) is 51.9 Å². The fourth-order valence-electron chi connectivity index (χ4n) is 7.40. The molecule has 2 aliphatic rings. The van der Waals surface area contributed by atoms with Crippen LogP contribution in [0.5, 0.6) is 5.75 Å². The first kappa shape index (κ1) is 31.6. The number of aromatic nitrogens is 7. The fourth-order valence-corrected chi connectivity index (χ4v) is 7.40. The molecule has 0 aliphatic carbocycles. The first-order valence-corrected chi connectivity index (χ1v) is 16.8. The number of aliphatic hydroxyl groups excluding tert-OH is 1. The van der Waals surface area contributed by atoms with Crippen LogP contribution in [0, 0.1) is 5.82 Å². The lowest BCUT2D eigenvalue weighted by molar-refractivity contribution is -0.132. The molecule has 2 aromatic carbocycles. The predicted molar refractivity (Wildman–Crippen MR) is 187 cm³/mol. The number of aryl methyl sites for hydroxylation is 2.